The average molecular weight is 441 g/mol. The molecular weight excluding hydrogens is 416 g/mol. The molecule has 3 N–H and O–H groups in total. The molecule has 0 spiro atoms. The lowest BCUT2D eigenvalue weighted by Gasteiger charge is -2.29. The number of H-pyrrole nitrogens is 1. The van der Waals surface area contributed by atoms with Gasteiger partial charge in [0.1, 0.15) is 11.4 Å². The first-order chi connectivity index (χ1) is 15.0. The third kappa shape index (κ3) is 3.89. The third-order valence-electron chi connectivity index (χ3n) is 5.89. The van der Waals surface area contributed by atoms with Gasteiger partial charge in [0.25, 0.3) is 5.91 Å². The lowest BCUT2D eigenvalue weighted by atomic mass is 9.99. The smallest absolute Gasteiger partial charge is 0.264 e. The summed E-state index contributed by atoms with van der Waals surface area (Å²) in [5.41, 5.74) is 4.39. The number of pyridine rings is 1. The molecular formula is C23H25ClN4O3. The first-order valence-corrected chi connectivity index (χ1v) is 11.0. The third-order valence-corrected chi connectivity index (χ3v) is 6.11. The largest absolute Gasteiger partial charge is 0.479 e. The zero-order valence-corrected chi connectivity index (χ0v) is 18.1. The molecule has 162 valence electrons. The van der Waals surface area contributed by atoms with E-state index in [-0.39, 0.29) is 5.91 Å². The highest BCUT2D eigenvalue weighted by atomic mass is 35.5. The average Bonchev–Trinajstić information content (AvgIpc) is 3.36. The number of fused-ring (bicyclic) bond motifs is 2. The maximum absolute atomic E-state index is 13.0. The van der Waals surface area contributed by atoms with Crippen LogP contribution in [0.15, 0.2) is 30.5 Å². The van der Waals surface area contributed by atoms with Crippen LogP contribution in [0.1, 0.15) is 18.2 Å². The molecule has 0 radical (unpaired) electrons. The maximum Gasteiger partial charge on any atom is 0.264 e. The fraction of sp³-hybridized carbons (Fsp3) is 0.391. The number of ether oxygens (including phenoxy) is 1. The summed E-state index contributed by atoms with van der Waals surface area (Å²) in [6, 6.07) is 7.72. The van der Waals surface area contributed by atoms with E-state index < -0.39 is 12.2 Å². The number of aromatic nitrogens is 2. The number of hydrogen-bond acceptors (Lipinski definition) is 5. The molecule has 2 aliphatic heterocycles. The fourth-order valence-corrected chi connectivity index (χ4v) is 4.74. The van der Waals surface area contributed by atoms with Crippen molar-refractivity contribution >= 4 is 28.5 Å². The minimum absolute atomic E-state index is 0.0283. The van der Waals surface area contributed by atoms with Crippen LogP contribution in [0.2, 0.25) is 5.02 Å². The summed E-state index contributed by atoms with van der Waals surface area (Å²) < 4.78 is 6.24. The van der Waals surface area contributed by atoms with Crippen molar-refractivity contribution in [2.75, 3.05) is 26.2 Å². The van der Waals surface area contributed by atoms with E-state index in [1.54, 1.807) is 13.1 Å². The summed E-state index contributed by atoms with van der Waals surface area (Å²) in [4.78, 5) is 22.6. The lowest BCUT2D eigenvalue weighted by Crippen LogP contribution is -2.50. The molecule has 0 aliphatic carbocycles. The number of aromatic amines is 1. The first kappa shape index (κ1) is 20.3. The molecule has 2 atom stereocenters. The van der Waals surface area contributed by atoms with E-state index in [1.165, 1.54) is 0 Å². The predicted octanol–water partition coefficient (Wildman–Crippen LogP) is 2.54. The molecule has 8 heteroatoms. The summed E-state index contributed by atoms with van der Waals surface area (Å²) in [5.74, 6) is 0.740. The molecule has 4 heterocycles. The Morgan fingerprint density at radius 2 is 2.13 bits per heavy atom. The van der Waals surface area contributed by atoms with Crippen LogP contribution >= 0.6 is 11.6 Å². The van der Waals surface area contributed by atoms with Gasteiger partial charge < -0.3 is 25.0 Å². The molecule has 1 saturated heterocycles. The number of nitrogens with one attached hydrogen (secondary N) is 2. The Labute approximate surface area is 185 Å². The molecule has 2 aliphatic rings. The van der Waals surface area contributed by atoms with Crippen LogP contribution < -0.4 is 10.1 Å². The second kappa shape index (κ2) is 8.15. The van der Waals surface area contributed by atoms with Crippen molar-refractivity contribution in [3.8, 4) is 16.9 Å². The number of aliphatic hydroxyl groups excluding tert-OH is 1. The van der Waals surface area contributed by atoms with Crippen molar-refractivity contribution < 1.29 is 14.6 Å². The number of benzene rings is 1. The van der Waals surface area contributed by atoms with Crippen molar-refractivity contribution in [1.29, 1.82) is 0 Å². The van der Waals surface area contributed by atoms with Gasteiger partial charge >= 0.3 is 0 Å². The molecule has 0 bridgehead atoms. The number of amides is 1. The molecule has 7 nitrogen and oxygen atoms in total. The van der Waals surface area contributed by atoms with Crippen molar-refractivity contribution in [3.63, 3.8) is 0 Å². The van der Waals surface area contributed by atoms with E-state index in [0.29, 0.717) is 36.7 Å². The van der Waals surface area contributed by atoms with Crippen molar-refractivity contribution in [1.82, 2.24) is 20.2 Å². The zero-order chi connectivity index (χ0) is 21.5. The molecule has 1 aromatic carbocycles. The van der Waals surface area contributed by atoms with Gasteiger partial charge in [0.05, 0.1) is 6.10 Å². The SMILES string of the molecule is C[C@@H](O)Cc1cc2c(-c3cc(Cl)cc4c3O[C@H](C(=O)N3CCNCC3)C4)ccnc2[nH]1. The fourth-order valence-electron chi connectivity index (χ4n) is 4.50. The number of carbonyl (C=O) groups excluding carboxylic acids is 1. The van der Waals surface area contributed by atoms with Gasteiger partial charge in [-0.25, -0.2) is 4.98 Å². The Balaban J connectivity index is 1.52. The van der Waals surface area contributed by atoms with Crippen LogP contribution in [0.4, 0.5) is 0 Å². The standard InChI is InChI=1S/C23H25ClN4O3/c1-13(29)8-16-12-19-17(2-3-26-22(19)27-16)18-11-15(24)9-14-10-20(31-21(14)18)23(30)28-6-4-25-5-7-28/h2-3,9,11-13,20,25,29H,4-8,10H2,1H3,(H,26,27)/t13-,20+/m1/s1. The van der Waals surface area contributed by atoms with Crippen LogP contribution in [-0.2, 0) is 17.6 Å². The monoisotopic (exact) mass is 440 g/mol. The van der Waals surface area contributed by atoms with Gasteiger partial charge in [0.15, 0.2) is 6.10 Å². The van der Waals surface area contributed by atoms with Crippen LogP contribution in [0, 0.1) is 0 Å². The highest BCUT2D eigenvalue weighted by Crippen LogP contribution is 2.43. The topological polar surface area (TPSA) is 90.5 Å². The highest BCUT2D eigenvalue weighted by molar-refractivity contribution is 6.31. The Kier molecular flexibility index (Phi) is 5.33. The quantitative estimate of drug-likeness (QED) is 0.580. The number of nitrogens with zero attached hydrogens (tertiary/aromatic N) is 2. The number of carbonyl (C=O) groups is 1. The molecule has 1 fully saturated rings. The maximum atomic E-state index is 13.0. The predicted molar refractivity (Wildman–Crippen MR) is 119 cm³/mol. The second-order valence-electron chi connectivity index (χ2n) is 8.30. The summed E-state index contributed by atoms with van der Waals surface area (Å²) >= 11 is 6.46. The Hall–Kier alpha value is -2.61. The van der Waals surface area contributed by atoms with Gasteiger partial charge in [-0.15, -0.1) is 0 Å². The number of rotatable bonds is 4. The van der Waals surface area contributed by atoms with Crippen LogP contribution in [0.25, 0.3) is 22.2 Å². The summed E-state index contributed by atoms with van der Waals surface area (Å²) in [6.07, 6.45) is 1.79. The van der Waals surface area contributed by atoms with E-state index in [0.717, 1.165) is 46.5 Å². The highest BCUT2D eigenvalue weighted by Gasteiger charge is 2.35. The van der Waals surface area contributed by atoms with Crippen LogP contribution in [-0.4, -0.2) is 64.3 Å². The van der Waals surface area contributed by atoms with E-state index >= 15 is 0 Å². The number of halogens is 1. The first-order valence-electron chi connectivity index (χ1n) is 10.6. The Morgan fingerprint density at radius 1 is 1.32 bits per heavy atom. The number of piperazine rings is 1. The van der Waals surface area contributed by atoms with Crippen molar-refractivity contribution in [2.45, 2.75) is 32.0 Å². The summed E-state index contributed by atoms with van der Waals surface area (Å²) in [6.45, 7) is 4.76. The Bertz CT molecular complexity index is 1140. The Morgan fingerprint density at radius 3 is 2.90 bits per heavy atom. The minimum Gasteiger partial charge on any atom is -0.479 e. The summed E-state index contributed by atoms with van der Waals surface area (Å²) in [7, 11) is 0. The van der Waals surface area contributed by atoms with Gasteiger partial charge in [-0.05, 0) is 36.8 Å². The molecule has 5 rings (SSSR count). The lowest BCUT2D eigenvalue weighted by molar-refractivity contribution is -0.138. The molecule has 0 saturated carbocycles. The second-order valence-corrected chi connectivity index (χ2v) is 8.73. The summed E-state index contributed by atoms with van der Waals surface area (Å²) in [5, 5.41) is 14.6. The zero-order valence-electron chi connectivity index (χ0n) is 17.3. The molecule has 2 aromatic heterocycles. The molecule has 31 heavy (non-hydrogen) atoms. The van der Waals surface area contributed by atoms with Gasteiger partial charge in [0, 0.05) is 72.4 Å². The molecule has 3 aromatic rings. The van der Waals surface area contributed by atoms with Gasteiger partial charge in [-0.1, -0.05) is 11.6 Å². The van der Waals surface area contributed by atoms with Crippen molar-refractivity contribution in [3.05, 3.63) is 46.7 Å². The van der Waals surface area contributed by atoms with Gasteiger partial charge in [-0.3, -0.25) is 4.79 Å². The van der Waals surface area contributed by atoms with E-state index in [9.17, 15) is 9.90 Å². The van der Waals surface area contributed by atoms with E-state index in [4.69, 9.17) is 16.3 Å². The minimum atomic E-state index is -0.528. The normalized spacial score (nSPS) is 19.3. The van der Waals surface area contributed by atoms with Crippen LogP contribution in [0.5, 0.6) is 5.75 Å². The van der Waals surface area contributed by atoms with E-state index in [1.807, 2.05) is 29.2 Å². The number of hydrogen-bond donors (Lipinski definition) is 3. The van der Waals surface area contributed by atoms with Crippen molar-refractivity contribution in [2.24, 2.45) is 0 Å². The molecule has 0 unspecified atom stereocenters. The van der Waals surface area contributed by atoms with Gasteiger partial charge in [0.2, 0.25) is 0 Å². The molecule has 1 amide bonds. The van der Waals surface area contributed by atoms with E-state index in [2.05, 4.69) is 15.3 Å². The van der Waals surface area contributed by atoms with Crippen LogP contribution in [0.3, 0.4) is 0 Å². The number of aliphatic hydroxyl groups is 1. The van der Waals surface area contributed by atoms with Gasteiger partial charge in [-0.2, -0.15) is 0 Å².